The monoisotopic (exact) mass is 380 g/mol. The number of rotatable bonds is 5. The molecule has 0 radical (unpaired) electrons. The fourth-order valence-electron chi connectivity index (χ4n) is 2.11. The molecule has 7 nitrogen and oxygen atoms in total. The molecular formula is C16H14Cl2N4O3. The van der Waals surface area contributed by atoms with E-state index in [-0.39, 0.29) is 35.7 Å². The van der Waals surface area contributed by atoms with E-state index < -0.39 is 11.4 Å². The van der Waals surface area contributed by atoms with Gasteiger partial charge in [0.25, 0.3) is 5.56 Å². The summed E-state index contributed by atoms with van der Waals surface area (Å²) in [6.45, 7) is 1.75. The van der Waals surface area contributed by atoms with Crippen LogP contribution in [-0.4, -0.2) is 23.4 Å². The van der Waals surface area contributed by atoms with Crippen LogP contribution in [0.1, 0.15) is 11.1 Å². The van der Waals surface area contributed by atoms with Crippen molar-refractivity contribution in [1.82, 2.24) is 4.57 Å². The Hall–Kier alpha value is -2.40. The smallest absolute Gasteiger partial charge is 0.281 e. The van der Waals surface area contributed by atoms with Gasteiger partial charge in [0.1, 0.15) is 17.3 Å². The number of benzene rings is 1. The van der Waals surface area contributed by atoms with E-state index in [0.717, 1.165) is 4.57 Å². The zero-order chi connectivity index (χ0) is 18.6. The Labute approximate surface area is 153 Å². The number of hydrogen-bond donors (Lipinski definition) is 1. The van der Waals surface area contributed by atoms with Gasteiger partial charge >= 0.3 is 0 Å². The number of ether oxygens (including phenoxy) is 1. The van der Waals surface area contributed by atoms with Crippen LogP contribution in [0.15, 0.2) is 33.2 Å². The van der Waals surface area contributed by atoms with Crippen LogP contribution in [0.3, 0.4) is 0 Å². The van der Waals surface area contributed by atoms with Crippen LogP contribution in [0, 0.1) is 18.3 Å². The van der Waals surface area contributed by atoms with Crippen LogP contribution < -0.4 is 5.56 Å². The molecule has 1 N–H and O–H groups in total. The average Bonchev–Trinajstić information content (AvgIpc) is 2.58. The minimum absolute atomic E-state index is 0.0538. The molecule has 0 amide bonds. The van der Waals surface area contributed by atoms with Gasteiger partial charge in [0.15, 0.2) is 5.69 Å². The summed E-state index contributed by atoms with van der Waals surface area (Å²) in [5.74, 6) is -0.429. The minimum Gasteiger partial charge on any atom is -0.493 e. The molecule has 2 rings (SSSR count). The summed E-state index contributed by atoms with van der Waals surface area (Å²) in [4.78, 5) is 12.6. The van der Waals surface area contributed by atoms with Gasteiger partial charge in [0, 0.05) is 17.7 Å². The van der Waals surface area contributed by atoms with Gasteiger partial charge in [-0.1, -0.05) is 23.2 Å². The Morgan fingerprint density at radius 3 is 2.72 bits per heavy atom. The SMILES string of the molecule is COCCn1c(O)c(C#N)c(C)c(N=Nc2cc(Cl)ccc2Cl)c1=O. The number of pyridine rings is 1. The second-order valence-electron chi connectivity index (χ2n) is 5.03. The summed E-state index contributed by atoms with van der Waals surface area (Å²) in [5.41, 5.74) is -0.208. The molecule has 0 spiro atoms. The summed E-state index contributed by atoms with van der Waals surface area (Å²) < 4.78 is 5.93. The Bertz CT molecular complexity index is 932. The molecule has 25 heavy (non-hydrogen) atoms. The molecule has 1 aromatic carbocycles. The lowest BCUT2D eigenvalue weighted by Crippen LogP contribution is -2.23. The van der Waals surface area contributed by atoms with Crippen LogP contribution in [0.5, 0.6) is 5.88 Å². The average molecular weight is 381 g/mol. The number of azo groups is 1. The molecule has 0 saturated carbocycles. The van der Waals surface area contributed by atoms with Crippen LogP contribution >= 0.6 is 23.2 Å². The lowest BCUT2D eigenvalue weighted by molar-refractivity contribution is 0.182. The highest BCUT2D eigenvalue weighted by Crippen LogP contribution is 2.31. The van der Waals surface area contributed by atoms with Gasteiger partial charge < -0.3 is 9.84 Å². The number of methoxy groups -OCH3 is 1. The number of nitriles is 1. The molecule has 1 aromatic heterocycles. The maximum atomic E-state index is 12.6. The third kappa shape index (κ3) is 3.99. The largest absolute Gasteiger partial charge is 0.493 e. The van der Waals surface area contributed by atoms with Crippen molar-refractivity contribution in [3.05, 3.63) is 49.7 Å². The third-order valence-electron chi connectivity index (χ3n) is 3.45. The number of nitrogens with zero attached hydrogens (tertiary/aromatic N) is 4. The lowest BCUT2D eigenvalue weighted by Gasteiger charge is -2.12. The Balaban J connectivity index is 2.61. The van der Waals surface area contributed by atoms with E-state index in [1.54, 1.807) is 12.1 Å². The van der Waals surface area contributed by atoms with Crippen LogP contribution in [0.4, 0.5) is 11.4 Å². The fourth-order valence-corrected chi connectivity index (χ4v) is 2.44. The first-order valence-electron chi connectivity index (χ1n) is 7.12. The third-order valence-corrected chi connectivity index (χ3v) is 4.01. The molecule has 0 bridgehead atoms. The van der Waals surface area contributed by atoms with E-state index in [0.29, 0.717) is 10.0 Å². The summed E-state index contributed by atoms with van der Waals surface area (Å²) in [7, 11) is 1.46. The Kier molecular flexibility index (Phi) is 6.15. The summed E-state index contributed by atoms with van der Waals surface area (Å²) in [5, 5.41) is 28.0. The number of aromatic hydroxyl groups is 1. The summed E-state index contributed by atoms with van der Waals surface area (Å²) >= 11 is 11.9. The van der Waals surface area contributed by atoms with Crippen molar-refractivity contribution in [2.24, 2.45) is 10.2 Å². The molecule has 1 heterocycles. The van der Waals surface area contributed by atoms with Crippen molar-refractivity contribution in [1.29, 1.82) is 5.26 Å². The molecule has 130 valence electrons. The zero-order valence-electron chi connectivity index (χ0n) is 13.5. The number of aromatic nitrogens is 1. The van der Waals surface area contributed by atoms with Gasteiger partial charge in [0.05, 0.1) is 18.2 Å². The van der Waals surface area contributed by atoms with E-state index >= 15 is 0 Å². The zero-order valence-corrected chi connectivity index (χ0v) is 15.0. The standard InChI is InChI=1S/C16H14Cl2N4O3/c1-9-11(8-19)15(23)22(5-6-25-2)16(24)14(9)21-20-13-7-10(17)3-4-12(13)18/h3-4,7,23H,5-6H2,1-2H3. The van der Waals surface area contributed by atoms with E-state index in [9.17, 15) is 15.2 Å². The van der Waals surface area contributed by atoms with Crippen molar-refractivity contribution in [2.45, 2.75) is 13.5 Å². The van der Waals surface area contributed by atoms with E-state index in [4.69, 9.17) is 27.9 Å². The van der Waals surface area contributed by atoms with Gasteiger partial charge in [-0.25, -0.2) is 0 Å². The topological polar surface area (TPSA) is 100.0 Å². The molecular weight excluding hydrogens is 367 g/mol. The maximum absolute atomic E-state index is 12.6. The van der Waals surface area contributed by atoms with Gasteiger partial charge in [-0.15, -0.1) is 10.2 Å². The first kappa shape index (κ1) is 18.9. The normalized spacial score (nSPS) is 11.0. The highest BCUT2D eigenvalue weighted by atomic mass is 35.5. The molecule has 0 fully saturated rings. The number of hydrogen-bond acceptors (Lipinski definition) is 6. The predicted octanol–water partition coefficient (Wildman–Crippen LogP) is 4.10. The van der Waals surface area contributed by atoms with Crippen LogP contribution in [-0.2, 0) is 11.3 Å². The maximum Gasteiger partial charge on any atom is 0.281 e. The van der Waals surface area contributed by atoms with E-state index in [1.165, 1.54) is 20.1 Å². The van der Waals surface area contributed by atoms with Crippen LogP contribution in [0.25, 0.3) is 0 Å². The van der Waals surface area contributed by atoms with Crippen molar-refractivity contribution in [3.8, 4) is 11.9 Å². The molecule has 0 saturated heterocycles. The van der Waals surface area contributed by atoms with Gasteiger partial charge in [0.2, 0.25) is 5.88 Å². The van der Waals surface area contributed by atoms with Crippen molar-refractivity contribution in [3.63, 3.8) is 0 Å². The molecule has 0 aliphatic carbocycles. The van der Waals surface area contributed by atoms with Crippen molar-refractivity contribution < 1.29 is 9.84 Å². The second kappa shape index (κ2) is 8.12. The minimum atomic E-state index is -0.590. The number of halogens is 2. The van der Waals surface area contributed by atoms with E-state index in [2.05, 4.69) is 10.2 Å². The van der Waals surface area contributed by atoms with Crippen molar-refractivity contribution in [2.75, 3.05) is 13.7 Å². The molecule has 9 heteroatoms. The molecule has 2 aromatic rings. The first-order valence-corrected chi connectivity index (χ1v) is 7.88. The molecule has 0 aliphatic heterocycles. The van der Waals surface area contributed by atoms with E-state index in [1.807, 2.05) is 6.07 Å². The Morgan fingerprint density at radius 1 is 1.36 bits per heavy atom. The predicted molar refractivity (Wildman–Crippen MR) is 94.3 cm³/mol. The highest BCUT2D eigenvalue weighted by Gasteiger charge is 2.19. The molecule has 0 atom stereocenters. The Morgan fingerprint density at radius 2 is 2.08 bits per heavy atom. The quantitative estimate of drug-likeness (QED) is 0.788. The van der Waals surface area contributed by atoms with Crippen LogP contribution in [0.2, 0.25) is 10.0 Å². The summed E-state index contributed by atoms with van der Waals surface area (Å²) in [6, 6.07) is 6.52. The van der Waals surface area contributed by atoms with Gasteiger partial charge in [-0.3, -0.25) is 9.36 Å². The fraction of sp³-hybridized carbons (Fsp3) is 0.250. The first-order chi connectivity index (χ1) is 11.9. The molecule has 0 aliphatic rings. The lowest BCUT2D eigenvalue weighted by atomic mass is 10.1. The summed E-state index contributed by atoms with van der Waals surface area (Å²) in [6.07, 6.45) is 0. The van der Waals surface area contributed by atoms with Gasteiger partial charge in [-0.2, -0.15) is 5.26 Å². The highest BCUT2D eigenvalue weighted by molar-refractivity contribution is 6.35. The second-order valence-corrected chi connectivity index (χ2v) is 5.87. The van der Waals surface area contributed by atoms with Gasteiger partial charge in [-0.05, 0) is 25.1 Å². The molecule has 0 unspecified atom stereocenters. The van der Waals surface area contributed by atoms with Crippen molar-refractivity contribution >= 4 is 34.6 Å².